The maximum atomic E-state index is 5.77. The first-order chi connectivity index (χ1) is 8.50. The molecule has 0 spiro atoms. The summed E-state index contributed by atoms with van der Waals surface area (Å²) in [4.78, 5) is 2.50. The molecule has 0 saturated heterocycles. The first-order valence-electron chi connectivity index (χ1n) is 6.96. The third-order valence-electron chi connectivity index (χ3n) is 3.15. The summed E-state index contributed by atoms with van der Waals surface area (Å²) in [7, 11) is 0. The van der Waals surface area contributed by atoms with Gasteiger partial charge in [0, 0.05) is 18.6 Å². The monoisotopic (exact) mass is 249 g/mol. The molecule has 0 atom stereocenters. The summed E-state index contributed by atoms with van der Waals surface area (Å²) < 4.78 is 5.77. The lowest BCUT2D eigenvalue weighted by Crippen LogP contribution is -2.38. The van der Waals surface area contributed by atoms with Crippen LogP contribution in [0.25, 0.3) is 0 Å². The second-order valence-corrected chi connectivity index (χ2v) is 5.44. The Hall–Kier alpha value is -1.02. The lowest BCUT2D eigenvalue weighted by atomic mass is 10.2. The normalized spacial score (nSPS) is 11.6. The van der Waals surface area contributed by atoms with Gasteiger partial charge in [-0.3, -0.25) is 4.90 Å². The Labute approximate surface area is 112 Å². The van der Waals surface area contributed by atoms with Crippen molar-refractivity contribution in [3.8, 4) is 5.75 Å². The summed E-state index contributed by atoms with van der Waals surface area (Å²) in [5, 5.41) is 0. The average molecular weight is 249 g/mol. The van der Waals surface area contributed by atoms with Crippen molar-refractivity contribution < 1.29 is 4.74 Å². The van der Waals surface area contributed by atoms with Crippen LogP contribution in [-0.2, 0) is 0 Å². The van der Waals surface area contributed by atoms with Gasteiger partial charge in [-0.2, -0.15) is 0 Å². The van der Waals surface area contributed by atoms with Gasteiger partial charge >= 0.3 is 0 Å². The summed E-state index contributed by atoms with van der Waals surface area (Å²) in [6, 6.07) is 9.44. The van der Waals surface area contributed by atoms with E-state index in [0.717, 1.165) is 25.3 Å². The second kappa shape index (κ2) is 7.42. The zero-order valence-corrected chi connectivity index (χ0v) is 12.4. The molecule has 0 aromatic heterocycles. The van der Waals surface area contributed by atoms with E-state index in [2.05, 4.69) is 51.7 Å². The molecule has 0 aliphatic heterocycles. The van der Waals surface area contributed by atoms with Gasteiger partial charge in [0.1, 0.15) is 5.75 Å². The smallest absolute Gasteiger partial charge is 0.119 e. The number of nitrogens with zero attached hydrogens (tertiary/aromatic N) is 1. The highest BCUT2D eigenvalue weighted by Gasteiger charge is 2.12. The molecule has 0 N–H and O–H groups in total. The molecule has 0 bridgehead atoms. The van der Waals surface area contributed by atoms with Crippen molar-refractivity contribution in [2.75, 3.05) is 13.2 Å². The fourth-order valence-corrected chi connectivity index (χ4v) is 2.25. The Morgan fingerprint density at radius 2 is 1.78 bits per heavy atom. The summed E-state index contributed by atoms with van der Waals surface area (Å²) in [6.45, 7) is 13.0. The molecular formula is C16H27NO. The number of benzene rings is 1. The minimum atomic E-state index is 0.601. The van der Waals surface area contributed by atoms with Crippen molar-refractivity contribution in [2.45, 2.75) is 53.1 Å². The number of aryl methyl sites for hydroxylation is 1. The van der Waals surface area contributed by atoms with Crippen molar-refractivity contribution >= 4 is 0 Å². The van der Waals surface area contributed by atoms with Gasteiger partial charge in [0.2, 0.25) is 0 Å². The molecule has 2 nitrogen and oxygen atoms in total. The van der Waals surface area contributed by atoms with Gasteiger partial charge in [0.25, 0.3) is 0 Å². The maximum absolute atomic E-state index is 5.77. The zero-order valence-electron chi connectivity index (χ0n) is 12.4. The Morgan fingerprint density at radius 1 is 1.11 bits per heavy atom. The highest BCUT2D eigenvalue weighted by molar-refractivity contribution is 5.27. The van der Waals surface area contributed by atoms with Crippen LogP contribution in [0.2, 0.25) is 0 Å². The first kappa shape index (κ1) is 15.0. The van der Waals surface area contributed by atoms with E-state index < -0.39 is 0 Å². The largest absolute Gasteiger partial charge is 0.494 e. The lowest BCUT2D eigenvalue weighted by molar-refractivity contribution is 0.160. The van der Waals surface area contributed by atoms with Crippen molar-refractivity contribution in [3.05, 3.63) is 29.8 Å². The lowest BCUT2D eigenvalue weighted by Gasteiger charge is -2.30. The summed E-state index contributed by atoms with van der Waals surface area (Å²) in [5.41, 5.74) is 1.25. The van der Waals surface area contributed by atoms with Crippen molar-refractivity contribution in [1.29, 1.82) is 0 Å². The van der Waals surface area contributed by atoms with E-state index in [1.807, 2.05) is 12.1 Å². The van der Waals surface area contributed by atoms with Crippen LogP contribution >= 0.6 is 0 Å². The highest BCUT2D eigenvalue weighted by atomic mass is 16.5. The van der Waals surface area contributed by atoms with E-state index in [-0.39, 0.29) is 0 Å². The molecule has 0 radical (unpaired) electrons. The Kier molecular flexibility index (Phi) is 6.20. The van der Waals surface area contributed by atoms with Crippen LogP contribution in [-0.4, -0.2) is 30.1 Å². The number of hydrogen-bond donors (Lipinski definition) is 0. The molecule has 0 aliphatic rings. The quantitative estimate of drug-likeness (QED) is 0.680. The first-order valence-corrected chi connectivity index (χ1v) is 6.96. The van der Waals surface area contributed by atoms with Crippen molar-refractivity contribution in [3.63, 3.8) is 0 Å². The summed E-state index contributed by atoms with van der Waals surface area (Å²) in [5.74, 6) is 0.982. The van der Waals surface area contributed by atoms with Crippen LogP contribution in [0.4, 0.5) is 0 Å². The van der Waals surface area contributed by atoms with Crippen LogP contribution in [0.1, 0.15) is 39.7 Å². The standard InChI is InChI=1S/C16H27NO/c1-13(2)17(14(3)4)10-7-11-18-16-9-6-8-15(5)12-16/h6,8-9,12-14H,7,10-11H2,1-5H3. The SMILES string of the molecule is Cc1cccc(OCCCN(C(C)C)C(C)C)c1. The molecule has 1 aromatic rings. The van der Waals surface area contributed by atoms with E-state index in [0.29, 0.717) is 12.1 Å². The molecule has 0 heterocycles. The van der Waals surface area contributed by atoms with Gasteiger partial charge in [0.05, 0.1) is 6.61 Å². The predicted molar refractivity (Wildman–Crippen MR) is 78.3 cm³/mol. The summed E-state index contributed by atoms with van der Waals surface area (Å²) >= 11 is 0. The van der Waals surface area contributed by atoms with Crippen LogP contribution in [0, 0.1) is 6.92 Å². The highest BCUT2D eigenvalue weighted by Crippen LogP contribution is 2.13. The predicted octanol–water partition coefficient (Wildman–Crippen LogP) is 3.88. The molecule has 0 saturated carbocycles. The van der Waals surface area contributed by atoms with Crippen molar-refractivity contribution in [2.24, 2.45) is 0 Å². The minimum absolute atomic E-state index is 0.601. The topological polar surface area (TPSA) is 12.5 Å². The third-order valence-corrected chi connectivity index (χ3v) is 3.15. The Balaban J connectivity index is 2.30. The molecule has 0 aliphatic carbocycles. The van der Waals surface area contributed by atoms with Crippen LogP contribution in [0.3, 0.4) is 0 Å². The maximum Gasteiger partial charge on any atom is 0.119 e. The second-order valence-electron chi connectivity index (χ2n) is 5.44. The fraction of sp³-hybridized carbons (Fsp3) is 0.625. The van der Waals surface area contributed by atoms with Crippen LogP contribution in [0.15, 0.2) is 24.3 Å². The number of hydrogen-bond acceptors (Lipinski definition) is 2. The molecular weight excluding hydrogens is 222 g/mol. The molecule has 2 heteroatoms. The molecule has 0 amide bonds. The molecule has 0 fully saturated rings. The van der Waals surface area contributed by atoms with Gasteiger partial charge in [0.15, 0.2) is 0 Å². The van der Waals surface area contributed by atoms with Crippen LogP contribution < -0.4 is 4.74 Å². The van der Waals surface area contributed by atoms with Gasteiger partial charge < -0.3 is 4.74 Å². The van der Waals surface area contributed by atoms with E-state index in [4.69, 9.17) is 4.74 Å². The van der Waals surface area contributed by atoms with Gasteiger partial charge in [-0.05, 0) is 58.7 Å². The van der Waals surface area contributed by atoms with E-state index >= 15 is 0 Å². The van der Waals surface area contributed by atoms with Gasteiger partial charge in [-0.25, -0.2) is 0 Å². The minimum Gasteiger partial charge on any atom is -0.494 e. The third kappa shape index (κ3) is 5.09. The molecule has 0 unspecified atom stereocenters. The number of rotatable bonds is 7. The fourth-order valence-electron chi connectivity index (χ4n) is 2.25. The number of ether oxygens (including phenoxy) is 1. The Morgan fingerprint density at radius 3 is 2.33 bits per heavy atom. The molecule has 1 rings (SSSR count). The molecule has 1 aromatic carbocycles. The van der Waals surface area contributed by atoms with Crippen LogP contribution in [0.5, 0.6) is 5.75 Å². The van der Waals surface area contributed by atoms with E-state index in [1.54, 1.807) is 0 Å². The average Bonchev–Trinajstić information content (AvgIpc) is 2.27. The summed E-state index contributed by atoms with van der Waals surface area (Å²) in [6.07, 6.45) is 1.07. The Bertz CT molecular complexity index is 339. The molecule has 18 heavy (non-hydrogen) atoms. The molecule has 102 valence electrons. The van der Waals surface area contributed by atoms with E-state index in [9.17, 15) is 0 Å². The zero-order chi connectivity index (χ0) is 13.5. The van der Waals surface area contributed by atoms with E-state index in [1.165, 1.54) is 5.56 Å². The van der Waals surface area contributed by atoms with Crippen molar-refractivity contribution in [1.82, 2.24) is 4.90 Å². The van der Waals surface area contributed by atoms with Gasteiger partial charge in [-0.15, -0.1) is 0 Å². The van der Waals surface area contributed by atoms with Gasteiger partial charge in [-0.1, -0.05) is 12.1 Å².